The SMILES string of the molecule is CC(C)(C)N/C(=N\C1NNC2CC(C(F)(F)F)CCC21)NC(=O)C1CCC(N2CCOCC2)NC1. The number of amides is 1. The summed E-state index contributed by atoms with van der Waals surface area (Å²) in [6.07, 6.45) is -2.08. The van der Waals surface area contributed by atoms with Crippen LogP contribution in [0.3, 0.4) is 0 Å². The van der Waals surface area contributed by atoms with Crippen LogP contribution in [0.2, 0.25) is 0 Å². The Morgan fingerprint density at radius 1 is 1.06 bits per heavy atom. The Hall–Kier alpha value is -1.47. The van der Waals surface area contributed by atoms with Crippen molar-refractivity contribution in [3.05, 3.63) is 0 Å². The van der Waals surface area contributed by atoms with Gasteiger partial charge in [-0.25, -0.2) is 10.4 Å². The highest BCUT2D eigenvalue weighted by Gasteiger charge is 2.48. The van der Waals surface area contributed by atoms with Crippen molar-refractivity contribution in [1.29, 1.82) is 0 Å². The van der Waals surface area contributed by atoms with Crippen LogP contribution < -0.4 is 26.8 Å². The molecule has 4 aliphatic rings. The molecule has 3 heterocycles. The molecule has 0 aromatic carbocycles. The fourth-order valence-electron chi connectivity index (χ4n) is 5.54. The molecule has 5 N–H and O–H groups in total. The van der Waals surface area contributed by atoms with Crippen LogP contribution in [0.4, 0.5) is 13.2 Å². The molecule has 9 nitrogen and oxygen atoms in total. The number of hydrazine groups is 1. The highest BCUT2D eigenvalue weighted by atomic mass is 19.4. The van der Waals surface area contributed by atoms with Crippen LogP contribution in [-0.4, -0.2) is 79.7 Å². The average Bonchev–Trinajstić information content (AvgIpc) is 3.20. The topological polar surface area (TPSA) is 102 Å². The number of halogens is 3. The number of aliphatic imine (C=N–C) groups is 1. The van der Waals surface area contributed by atoms with Crippen molar-refractivity contribution in [3.63, 3.8) is 0 Å². The second kappa shape index (κ2) is 10.9. The van der Waals surface area contributed by atoms with E-state index in [0.717, 1.165) is 39.1 Å². The Bertz CT molecular complexity index is 759. The van der Waals surface area contributed by atoms with Gasteiger partial charge < -0.3 is 15.4 Å². The van der Waals surface area contributed by atoms with Crippen LogP contribution in [0.15, 0.2) is 4.99 Å². The molecule has 200 valence electrons. The van der Waals surface area contributed by atoms with E-state index in [9.17, 15) is 18.0 Å². The number of rotatable bonds is 3. The number of fused-ring (bicyclic) bond motifs is 1. The fraction of sp³-hybridized carbons (Fsp3) is 0.913. The van der Waals surface area contributed by atoms with E-state index >= 15 is 0 Å². The molecule has 0 spiro atoms. The number of carbonyl (C=O) groups excluding carboxylic acids is 1. The van der Waals surface area contributed by atoms with E-state index in [1.54, 1.807) is 0 Å². The number of nitrogens with one attached hydrogen (secondary N) is 5. The minimum absolute atomic E-state index is 0.0413. The van der Waals surface area contributed by atoms with Crippen molar-refractivity contribution in [2.24, 2.45) is 22.7 Å². The van der Waals surface area contributed by atoms with Gasteiger partial charge in [0.25, 0.3) is 0 Å². The van der Waals surface area contributed by atoms with Gasteiger partial charge in [0.15, 0.2) is 5.96 Å². The van der Waals surface area contributed by atoms with Crippen molar-refractivity contribution in [2.75, 3.05) is 32.8 Å². The van der Waals surface area contributed by atoms with Gasteiger partial charge in [-0.05, 0) is 52.9 Å². The minimum Gasteiger partial charge on any atom is -0.379 e. The number of guanidine groups is 1. The van der Waals surface area contributed by atoms with E-state index in [2.05, 4.69) is 31.7 Å². The Balaban J connectivity index is 1.36. The lowest BCUT2D eigenvalue weighted by molar-refractivity contribution is -0.185. The third-order valence-electron chi connectivity index (χ3n) is 7.44. The van der Waals surface area contributed by atoms with Gasteiger partial charge in [-0.15, -0.1) is 0 Å². The van der Waals surface area contributed by atoms with Crippen LogP contribution in [-0.2, 0) is 9.53 Å². The lowest BCUT2D eigenvalue weighted by Crippen LogP contribution is -2.57. The van der Waals surface area contributed by atoms with Crippen LogP contribution in [0.25, 0.3) is 0 Å². The van der Waals surface area contributed by atoms with E-state index in [1.165, 1.54) is 0 Å². The predicted octanol–water partition coefficient (Wildman–Crippen LogP) is 1.29. The van der Waals surface area contributed by atoms with Gasteiger partial charge in [0.1, 0.15) is 6.17 Å². The monoisotopic (exact) mass is 503 g/mol. The Labute approximate surface area is 205 Å². The first-order valence-electron chi connectivity index (χ1n) is 12.8. The van der Waals surface area contributed by atoms with E-state index in [1.807, 2.05) is 20.8 Å². The molecule has 0 bridgehead atoms. The third kappa shape index (κ3) is 7.06. The molecule has 0 aromatic heterocycles. The maximum Gasteiger partial charge on any atom is 0.391 e. The number of hydrogen-bond donors (Lipinski definition) is 5. The number of piperidine rings is 1. The fourth-order valence-corrected chi connectivity index (χ4v) is 5.54. The lowest BCUT2D eigenvalue weighted by Gasteiger charge is -2.39. The molecule has 12 heteroatoms. The molecule has 0 radical (unpaired) electrons. The normalized spacial score (nSPS) is 35.4. The van der Waals surface area contributed by atoms with Gasteiger partial charge in [0.05, 0.1) is 31.2 Å². The van der Waals surface area contributed by atoms with Crippen molar-refractivity contribution in [2.45, 2.75) is 83.0 Å². The number of morpholine rings is 1. The summed E-state index contributed by atoms with van der Waals surface area (Å²) in [6.45, 7) is 9.78. The molecule has 6 atom stereocenters. The van der Waals surface area contributed by atoms with Crippen LogP contribution in [0, 0.1) is 17.8 Å². The van der Waals surface area contributed by atoms with Crippen molar-refractivity contribution >= 4 is 11.9 Å². The van der Waals surface area contributed by atoms with E-state index in [4.69, 9.17) is 9.73 Å². The third-order valence-corrected chi connectivity index (χ3v) is 7.44. The second-order valence-corrected chi connectivity index (χ2v) is 11.2. The van der Waals surface area contributed by atoms with Crippen LogP contribution in [0.1, 0.15) is 52.9 Å². The summed E-state index contributed by atoms with van der Waals surface area (Å²) in [5.41, 5.74) is 5.72. The molecule has 1 amide bonds. The summed E-state index contributed by atoms with van der Waals surface area (Å²) in [6, 6.07) is -0.296. The van der Waals surface area contributed by atoms with Gasteiger partial charge in [-0.3, -0.25) is 20.4 Å². The summed E-state index contributed by atoms with van der Waals surface area (Å²) in [4.78, 5) is 20.2. The highest BCUT2D eigenvalue weighted by molar-refractivity contribution is 5.98. The number of ether oxygens (including phenoxy) is 1. The summed E-state index contributed by atoms with van der Waals surface area (Å²) in [7, 11) is 0. The lowest BCUT2D eigenvalue weighted by atomic mass is 9.78. The second-order valence-electron chi connectivity index (χ2n) is 11.2. The summed E-state index contributed by atoms with van der Waals surface area (Å²) >= 11 is 0. The van der Waals surface area contributed by atoms with Gasteiger partial charge in [0.2, 0.25) is 5.91 Å². The standard InChI is InChI=1S/C23H40F3N7O2/c1-22(2,3)30-21(28-19-16-6-5-15(23(24,25)26)12-17(16)31-32-19)29-20(34)14-4-7-18(27-13-14)33-8-10-35-11-9-33/h14-19,27,31-32H,4-13H2,1-3H3,(H2,28,29,30,34). The molecule has 1 aliphatic carbocycles. The molecular formula is C23H40F3N7O2. The summed E-state index contributed by atoms with van der Waals surface area (Å²) in [5, 5.41) is 9.74. The molecule has 6 unspecified atom stereocenters. The molecule has 3 saturated heterocycles. The maximum atomic E-state index is 13.2. The first-order valence-corrected chi connectivity index (χ1v) is 12.8. The van der Waals surface area contributed by atoms with Crippen LogP contribution >= 0.6 is 0 Å². The number of alkyl halides is 3. The Kier molecular flexibility index (Phi) is 8.26. The van der Waals surface area contributed by atoms with Crippen molar-refractivity contribution in [1.82, 2.24) is 31.7 Å². The molecule has 4 fully saturated rings. The van der Waals surface area contributed by atoms with Crippen molar-refractivity contribution < 1.29 is 22.7 Å². The quantitative estimate of drug-likeness (QED) is 0.292. The average molecular weight is 504 g/mol. The van der Waals surface area contributed by atoms with Gasteiger partial charge in [-0.2, -0.15) is 13.2 Å². The Morgan fingerprint density at radius 2 is 1.80 bits per heavy atom. The molecule has 1 saturated carbocycles. The zero-order chi connectivity index (χ0) is 25.2. The zero-order valence-electron chi connectivity index (χ0n) is 20.9. The summed E-state index contributed by atoms with van der Waals surface area (Å²) < 4.78 is 45.0. The number of hydrogen-bond acceptors (Lipinski definition) is 7. The molecule has 35 heavy (non-hydrogen) atoms. The molecule has 0 aromatic rings. The van der Waals surface area contributed by atoms with E-state index in [-0.39, 0.29) is 48.3 Å². The Morgan fingerprint density at radius 3 is 2.43 bits per heavy atom. The van der Waals surface area contributed by atoms with Gasteiger partial charge in [0, 0.05) is 37.1 Å². The van der Waals surface area contributed by atoms with Gasteiger partial charge in [-0.1, -0.05) is 0 Å². The largest absolute Gasteiger partial charge is 0.391 e. The predicted molar refractivity (Wildman–Crippen MR) is 126 cm³/mol. The maximum absolute atomic E-state index is 13.2. The first-order chi connectivity index (χ1) is 16.5. The van der Waals surface area contributed by atoms with Crippen molar-refractivity contribution in [3.8, 4) is 0 Å². The number of nitrogens with zero attached hydrogens (tertiary/aromatic N) is 2. The van der Waals surface area contributed by atoms with E-state index < -0.39 is 18.3 Å². The smallest absolute Gasteiger partial charge is 0.379 e. The van der Waals surface area contributed by atoms with Crippen LogP contribution in [0.5, 0.6) is 0 Å². The summed E-state index contributed by atoms with van der Waals surface area (Å²) in [5.74, 6) is -1.27. The zero-order valence-corrected chi connectivity index (χ0v) is 20.9. The first kappa shape index (κ1) is 26.6. The van der Waals surface area contributed by atoms with Gasteiger partial charge >= 0.3 is 6.18 Å². The highest BCUT2D eigenvalue weighted by Crippen LogP contribution is 2.42. The minimum atomic E-state index is -4.17. The molecule has 4 rings (SSSR count). The molecular weight excluding hydrogens is 463 g/mol. The number of carbonyl (C=O) groups is 1. The van der Waals surface area contributed by atoms with E-state index in [0.29, 0.717) is 18.9 Å². The molecule has 3 aliphatic heterocycles.